The van der Waals surface area contributed by atoms with E-state index in [-0.39, 0.29) is 6.04 Å². The van der Waals surface area contributed by atoms with E-state index in [0.29, 0.717) is 30.6 Å². The predicted octanol–water partition coefficient (Wildman–Crippen LogP) is 0.926. The number of ether oxygens (including phenoxy) is 1. The smallest absolute Gasteiger partial charge is 0.142 e. The van der Waals surface area contributed by atoms with Gasteiger partial charge >= 0.3 is 0 Å². The fourth-order valence-corrected chi connectivity index (χ4v) is 3.01. The molecule has 3 rings (SSSR count). The number of nitrogen functional groups attached to an aromatic ring is 1. The van der Waals surface area contributed by atoms with Crippen LogP contribution in [0.4, 0.5) is 5.82 Å². The van der Waals surface area contributed by atoms with Gasteiger partial charge in [-0.1, -0.05) is 6.92 Å². The fraction of sp³-hybridized carbons (Fsp3) is 0.571. The first kappa shape index (κ1) is 13.3. The lowest BCUT2D eigenvalue weighted by Gasteiger charge is -2.24. The lowest BCUT2D eigenvalue weighted by atomic mass is 9.90. The number of rotatable bonds is 2. The highest BCUT2D eigenvalue weighted by molar-refractivity contribution is 5.58. The summed E-state index contributed by atoms with van der Waals surface area (Å²) in [5, 5.41) is 9.43. The van der Waals surface area contributed by atoms with Crippen LogP contribution in [0.3, 0.4) is 0 Å². The zero-order valence-corrected chi connectivity index (χ0v) is 11.6. The van der Waals surface area contributed by atoms with Gasteiger partial charge in [-0.05, 0) is 18.4 Å². The average Bonchev–Trinajstić information content (AvgIpc) is 2.94. The number of hydrogen-bond acceptors (Lipinski definition) is 6. The molecule has 4 N–H and O–H groups in total. The van der Waals surface area contributed by atoms with Gasteiger partial charge in [-0.25, -0.2) is 10.4 Å². The van der Waals surface area contributed by atoms with Crippen LogP contribution in [0.5, 0.6) is 0 Å². The van der Waals surface area contributed by atoms with Crippen LogP contribution < -0.4 is 16.6 Å². The highest BCUT2D eigenvalue weighted by Crippen LogP contribution is 2.34. The number of nitrogens with two attached hydrogens (primary N) is 1. The maximum absolute atomic E-state index is 9.43. The van der Waals surface area contributed by atoms with Crippen molar-refractivity contribution in [1.29, 1.82) is 5.26 Å². The summed E-state index contributed by atoms with van der Waals surface area (Å²) < 4.78 is 5.55. The second-order valence-electron chi connectivity index (χ2n) is 5.31. The number of hydrogen-bond donors (Lipinski definition) is 3. The zero-order chi connectivity index (χ0) is 14.1. The van der Waals surface area contributed by atoms with Crippen molar-refractivity contribution in [2.24, 2.45) is 0 Å². The average molecular weight is 273 g/mol. The number of nitriles is 1. The van der Waals surface area contributed by atoms with Crippen LogP contribution in [0.15, 0.2) is 0 Å². The van der Waals surface area contributed by atoms with Crippen molar-refractivity contribution in [3.8, 4) is 6.07 Å². The summed E-state index contributed by atoms with van der Waals surface area (Å²) >= 11 is 0. The molecule has 0 spiro atoms. The Morgan fingerprint density at radius 3 is 3.05 bits per heavy atom. The monoisotopic (exact) mass is 273 g/mol. The van der Waals surface area contributed by atoms with Gasteiger partial charge in [-0.3, -0.25) is 5.43 Å². The second-order valence-corrected chi connectivity index (χ2v) is 5.31. The Labute approximate surface area is 118 Å². The highest BCUT2D eigenvalue weighted by atomic mass is 16.5. The van der Waals surface area contributed by atoms with E-state index in [4.69, 9.17) is 10.5 Å². The van der Waals surface area contributed by atoms with E-state index in [2.05, 4.69) is 28.8 Å². The summed E-state index contributed by atoms with van der Waals surface area (Å²) in [6, 6.07) is 2.72. The molecule has 1 saturated heterocycles. The van der Waals surface area contributed by atoms with Gasteiger partial charge in [0, 0.05) is 24.1 Å². The summed E-state index contributed by atoms with van der Waals surface area (Å²) in [5.41, 5.74) is 16.0. The van der Waals surface area contributed by atoms with Crippen molar-refractivity contribution >= 4 is 5.82 Å². The fourth-order valence-electron chi connectivity index (χ4n) is 3.01. The van der Waals surface area contributed by atoms with Crippen LogP contribution >= 0.6 is 0 Å². The second kappa shape index (κ2) is 5.37. The van der Waals surface area contributed by atoms with E-state index >= 15 is 0 Å². The molecule has 1 aromatic rings. The third kappa shape index (κ3) is 2.14. The maximum atomic E-state index is 9.43. The normalized spacial score (nSPS) is 25.2. The first-order chi connectivity index (χ1) is 9.74. The molecule has 0 saturated carbocycles. The molecule has 1 fully saturated rings. The number of anilines is 1. The SMILES string of the molecule is CCC1CC(c2c(C#N)c(N)nc3c2COCC3)NN1. The molecule has 6 heteroatoms. The summed E-state index contributed by atoms with van der Waals surface area (Å²) in [5.74, 6) is 0.338. The molecule has 0 aliphatic carbocycles. The van der Waals surface area contributed by atoms with E-state index in [1.807, 2.05) is 0 Å². The third-order valence-corrected chi connectivity index (χ3v) is 4.12. The molecule has 6 nitrogen and oxygen atoms in total. The molecule has 1 aromatic heterocycles. The van der Waals surface area contributed by atoms with Gasteiger partial charge in [0.15, 0.2) is 0 Å². The molecule has 2 aliphatic heterocycles. The Morgan fingerprint density at radius 1 is 1.50 bits per heavy atom. The van der Waals surface area contributed by atoms with Crippen LogP contribution in [-0.4, -0.2) is 17.6 Å². The van der Waals surface area contributed by atoms with Crippen molar-refractivity contribution in [3.05, 3.63) is 22.4 Å². The molecule has 2 unspecified atom stereocenters. The molecule has 2 atom stereocenters. The number of pyridine rings is 1. The molecular formula is C14H19N5O. The van der Waals surface area contributed by atoms with Crippen molar-refractivity contribution in [2.45, 2.75) is 44.9 Å². The van der Waals surface area contributed by atoms with Crippen LogP contribution in [-0.2, 0) is 17.8 Å². The van der Waals surface area contributed by atoms with Crippen LogP contribution in [0.2, 0.25) is 0 Å². The minimum atomic E-state index is 0.0929. The van der Waals surface area contributed by atoms with Gasteiger partial charge in [-0.15, -0.1) is 0 Å². The van der Waals surface area contributed by atoms with Crippen LogP contribution in [0.25, 0.3) is 0 Å². The quantitative estimate of drug-likeness (QED) is 0.741. The third-order valence-electron chi connectivity index (χ3n) is 4.12. The molecule has 0 aromatic carbocycles. The van der Waals surface area contributed by atoms with Gasteiger partial charge in [0.05, 0.1) is 24.5 Å². The predicted molar refractivity (Wildman–Crippen MR) is 74.4 cm³/mol. The summed E-state index contributed by atoms with van der Waals surface area (Å²) in [6.45, 7) is 3.33. The van der Waals surface area contributed by atoms with Gasteiger partial charge in [0.1, 0.15) is 11.9 Å². The Kier molecular flexibility index (Phi) is 3.57. The van der Waals surface area contributed by atoms with E-state index in [1.165, 1.54) is 0 Å². The van der Waals surface area contributed by atoms with Crippen LogP contribution in [0, 0.1) is 11.3 Å². The molecule has 106 valence electrons. The molecule has 3 heterocycles. The summed E-state index contributed by atoms with van der Waals surface area (Å²) in [7, 11) is 0. The topological polar surface area (TPSA) is 96.0 Å². The lowest BCUT2D eigenvalue weighted by molar-refractivity contribution is 0.108. The molecular weight excluding hydrogens is 254 g/mol. The Balaban J connectivity index is 2.08. The molecule has 20 heavy (non-hydrogen) atoms. The van der Waals surface area contributed by atoms with E-state index in [9.17, 15) is 5.26 Å². The van der Waals surface area contributed by atoms with E-state index in [0.717, 1.165) is 36.1 Å². The van der Waals surface area contributed by atoms with Gasteiger partial charge < -0.3 is 10.5 Å². The van der Waals surface area contributed by atoms with Gasteiger partial charge in [-0.2, -0.15) is 5.26 Å². The van der Waals surface area contributed by atoms with Crippen LogP contribution in [0.1, 0.15) is 48.2 Å². The van der Waals surface area contributed by atoms with Gasteiger partial charge in [0.2, 0.25) is 0 Å². The summed E-state index contributed by atoms with van der Waals surface area (Å²) in [6.07, 6.45) is 2.75. The number of nitrogens with zero attached hydrogens (tertiary/aromatic N) is 2. The Hall–Kier alpha value is -1.68. The van der Waals surface area contributed by atoms with Crippen molar-refractivity contribution < 1.29 is 4.74 Å². The van der Waals surface area contributed by atoms with Crippen molar-refractivity contribution in [3.63, 3.8) is 0 Å². The molecule has 2 aliphatic rings. The molecule has 0 radical (unpaired) electrons. The standard InChI is InChI=1S/C14H19N5O/c1-2-8-5-12(19-18-8)13-9(6-15)14(16)17-11-3-4-20-7-10(11)13/h8,12,18-19H,2-5,7H2,1H3,(H2,16,17). The number of fused-ring (bicyclic) bond motifs is 1. The lowest BCUT2D eigenvalue weighted by Crippen LogP contribution is -2.31. The minimum absolute atomic E-state index is 0.0929. The van der Waals surface area contributed by atoms with E-state index in [1.54, 1.807) is 0 Å². The number of hydrazine groups is 1. The number of nitrogens with one attached hydrogen (secondary N) is 2. The summed E-state index contributed by atoms with van der Waals surface area (Å²) in [4.78, 5) is 4.38. The molecule has 0 bridgehead atoms. The minimum Gasteiger partial charge on any atom is -0.383 e. The highest BCUT2D eigenvalue weighted by Gasteiger charge is 2.31. The van der Waals surface area contributed by atoms with Gasteiger partial charge in [0.25, 0.3) is 0 Å². The first-order valence-electron chi connectivity index (χ1n) is 7.04. The Bertz CT molecular complexity index is 566. The largest absolute Gasteiger partial charge is 0.383 e. The van der Waals surface area contributed by atoms with Crippen molar-refractivity contribution in [1.82, 2.24) is 15.8 Å². The zero-order valence-electron chi connectivity index (χ0n) is 11.6. The van der Waals surface area contributed by atoms with E-state index < -0.39 is 0 Å². The van der Waals surface area contributed by atoms with Crippen molar-refractivity contribution in [2.75, 3.05) is 12.3 Å². The Morgan fingerprint density at radius 2 is 2.35 bits per heavy atom. The first-order valence-corrected chi connectivity index (χ1v) is 7.04. The number of aromatic nitrogens is 1. The molecule has 0 amide bonds. The maximum Gasteiger partial charge on any atom is 0.142 e.